The highest BCUT2D eigenvalue weighted by Crippen LogP contribution is 2.72. The van der Waals surface area contributed by atoms with Crippen LogP contribution in [0.3, 0.4) is 0 Å². The molecule has 0 radical (unpaired) electrons. The third-order valence-electron chi connectivity index (χ3n) is 6.21. The smallest absolute Gasteiger partial charge is 0.110 e. The highest BCUT2D eigenvalue weighted by Gasteiger charge is 2.79. The van der Waals surface area contributed by atoms with E-state index in [4.69, 9.17) is 4.74 Å². The summed E-state index contributed by atoms with van der Waals surface area (Å²) in [5, 5.41) is 52.1. The molecular weight excluding hydrogens is 288 g/mol. The van der Waals surface area contributed by atoms with Gasteiger partial charge in [-0.2, -0.15) is 0 Å². The topological polar surface area (TPSA) is 110 Å². The highest BCUT2D eigenvalue weighted by molar-refractivity contribution is 5.27. The maximum absolute atomic E-state index is 10.8. The molecule has 2 saturated carbocycles. The molecule has 22 heavy (non-hydrogen) atoms. The number of rotatable bonds is 3. The molecule has 6 heteroatoms. The van der Waals surface area contributed by atoms with E-state index in [0.29, 0.717) is 0 Å². The zero-order valence-electron chi connectivity index (χ0n) is 13.7. The molecule has 1 spiro atoms. The number of aliphatic hydroxyl groups is 5. The molecule has 0 bridgehead atoms. The van der Waals surface area contributed by atoms with Crippen molar-refractivity contribution < 1.29 is 30.3 Å². The van der Waals surface area contributed by atoms with Crippen LogP contribution < -0.4 is 0 Å². The fourth-order valence-electron chi connectivity index (χ4n) is 4.65. The molecule has 0 aromatic heterocycles. The van der Waals surface area contributed by atoms with Gasteiger partial charge in [0.05, 0.1) is 35.1 Å². The second-order valence-electron chi connectivity index (χ2n) is 8.65. The van der Waals surface area contributed by atoms with Crippen LogP contribution in [0, 0.1) is 11.3 Å². The van der Waals surface area contributed by atoms with Crippen molar-refractivity contribution in [2.45, 2.75) is 88.2 Å². The van der Waals surface area contributed by atoms with Crippen molar-refractivity contribution in [2.24, 2.45) is 11.3 Å². The third-order valence-corrected chi connectivity index (χ3v) is 6.21. The number of hydrogen-bond donors (Lipinski definition) is 5. The van der Waals surface area contributed by atoms with Crippen molar-refractivity contribution in [1.82, 2.24) is 0 Å². The summed E-state index contributed by atoms with van der Waals surface area (Å²) in [5.74, 6) is 0.179. The summed E-state index contributed by atoms with van der Waals surface area (Å²) in [6.07, 6.45) is -3.28. The number of hydrogen-bond acceptors (Lipinski definition) is 6. The molecule has 2 aliphatic carbocycles. The summed E-state index contributed by atoms with van der Waals surface area (Å²) in [4.78, 5) is 0. The molecule has 0 aromatic rings. The molecule has 0 aromatic carbocycles. The van der Waals surface area contributed by atoms with E-state index in [1.54, 1.807) is 0 Å². The summed E-state index contributed by atoms with van der Waals surface area (Å²) in [7, 11) is 0. The van der Waals surface area contributed by atoms with Crippen molar-refractivity contribution in [3.05, 3.63) is 0 Å². The second kappa shape index (κ2) is 4.43. The minimum atomic E-state index is -1.68. The number of ether oxygens (including phenoxy) is 1. The van der Waals surface area contributed by atoms with Gasteiger partial charge in [0.25, 0.3) is 0 Å². The molecule has 5 N–H and O–H groups in total. The van der Waals surface area contributed by atoms with Crippen molar-refractivity contribution >= 4 is 0 Å². The van der Waals surface area contributed by atoms with E-state index in [-0.39, 0.29) is 18.8 Å². The van der Waals surface area contributed by atoms with Gasteiger partial charge in [-0.3, -0.25) is 0 Å². The Bertz CT molecular complexity index is 472. The van der Waals surface area contributed by atoms with Gasteiger partial charge in [-0.05, 0) is 40.0 Å². The van der Waals surface area contributed by atoms with Crippen LogP contribution in [0.15, 0.2) is 0 Å². The molecule has 1 aliphatic heterocycles. The van der Waals surface area contributed by atoms with Crippen LogP contribution in [0.4, 0.5) is 0 Å². The van der Waals surface area contributed by atoms with E-state index in [0.717, 1.165) is 6.42 Å². The van der Waals surface area contributed by atoms with E-state index in [2.05, 4.69) is 0 Å². The Morgan fingerprint density at radius 3 is 2.32 bits per heavy atom. The van der Waals surface area contributed by atoms with E-state index in [1.165, 1.54) is 13.8 Å². The molecule has 7 unspecified atom stereocenters. The average Bonchev–Trinajstić information content (AvgIpc) is 3.04. The quantitative estimate of drug-likeness (QED) is 0.482. The summed E-state index contributed by atoms with van der Waals surface area (Å²) in [5.41, 5.74) is -3.99. The van der Waals surface area contributed by atoms with Crippen LogP contribution in [0.25, 0.3) is 0 Å². The lowest BCUT2D eigenvalue weighted by Gasteiger charge is -2.48. The van der Waals surface area contributed by atoms with Gasteiger partial charge >= 0.3 is 0 Å². The maximum atomic E-state index is 10.8. The fourth-order valence-corrected chi connectivity index (χ4v) is 4.65. The molecule has 6 nitrogen and oxygen atoms in total. The SMILES string of the molecule is CC(C)(O)C(O)CC1(O)CC(O)C23CC2C(C)(C)OC3C1O. The Labute approximate surface area is 130 Å². The second-order valence-corrected chi connectivity index (χ2v) is 8.65. The van der Waals surface area contributed by atoms with Crippen LogP contribution in [0.2, 0.25) is 0 Å². The molecule has 3 fully saturated rings. The van der Waals surface area contributed by atoms with E-state index >= 15 is 0 Å². The first kappa shape index (κ1) is 16.6. The standard InChI is InChI=1S/C16H28O6/c1-13(2,20)9(17)6-15(21)7-10(18)16-5-8(16)14(3,4)22-12(16)11(15)19/h8-12,17-21H,5-7H2,1-4H3. The minimum absolute atomic E-state index is 0.0201. The van der Waals surface area contributed by atoms with Crippen molar-refractivity contribution in [1.29, 1.82) is 0 Å². The van der Waals surface area contributed by atoms with Crippen molar-refractivity contribution in [3.63, 3.8) is 0 Å². The average molecular weight is 316 g/mol. The van der Waals surface area contributed by atoms with Crippen LogP contribution >= 0.6 is 0 Å². The number of aliphatic hydroxyl groups excluding tert-OH is 3. The molecule has 1 heterocycles. The van der Waals surface area contributed by atoms with Gasteiger partial charge in [0.2, 0.25) is 0 Å². The predicted octanol–water partition coefficient (Wildman–Crippen LogP) is -0.451. The van der Waals surface area contributed by atoms with Gasteiger partial charge in [0.15, 0.2) is 0 Å². The molecule has 128 valence electrons. The predicted molar refractivity (Wildman–Crippen MR) is 78.0 cm³/mol. The fraction of sp³-hybridized carbons (Fsp3) is 1.00. The van der Waals surface area contributed by atoms with Crippen molar-refractivity contribution in [3.8, 4) is 0 Å². The summed E-state index contributed by atoms with van der Waals surface area (Å²) in [6, 6.07) is 0. The zero-order chi connectivity index (χ0) is 16.7. The normalized spacial score (nSPS) is 51.1. The Kier molecular flexibility index (Phi) is 3.35. The molecule has 3 rings (SSSR count). The van der Waals surface area contributed by atoms with Crippen LogP contribution in [0.5, 0.6) is 0 Å². The van der Waals surface area contributed by atoms with Gasteiger partial charge in [0.1, 0.15) is 6.10 Å². The van der Waals surface area contributed by atoms with Crippen LogP contribution in [0.1, 0.15) is 47.0 Å². The Balaban J connectivity index is 1.85. The molecular formula is C16H28O6. The monoisotopic (exact) mass is 316 g/mol. The maximum Gasteiger partial charge on any atom is 0.110 e. The third kappa shape index (κ3) is 2.08. The molecule has 7 atom stereocenters. The largest absolute Gasteiger partial charge is 0.392 e. The lowest BCUT2D eigenvalue weighted by atomic mass is 9.67. The first-order valence-electron chi connectivity index (χ1n) is 8.01. The molecule has 0 amide bonds. The van der Waals surface area contributed by atoms with Crippen LogP contribution in [-0.4, -0.2) is 66.8 Å². The molecule has 3 aliphatic rings. The van der Waals surface area contributed by atoms with Gasteiger partial charge in [0, 0.05) is 18.3 Å². The van der Waals surface area contributed by atoms with Gasteiger partial charge < -0.3 is 30.3 Å². The highest BCUT2D eigenvalue weighted by atomic mass is 16.5. The first-order chi connectivity index (χ1) is 9.84. The van der Waals surface area contributed by atoms with E-state index < -0.39 is 46.6 Å². The summed E-state index contributed by atoms with van der Waals surface area (Å²) in [6.45, 7) is 6.77. The Morgan fingerprint density at radius 1 is 1.23 bits per heavy atom. The Morgan fingerprint density at radius 2 is 1.82 bits per heavy atom. The Hall–Kier alpha value is -0.240. The van der Waals surface area contributed by atoms with Crippen molar-refractivity contribution in [2.75, 3.05) is 0 Å². The van der Waals surface area contributed by atoms with Gasteiger partial charge in [-0.25, -0.2) is 0 Å². The van der Waals surface area contributed by atoms with Gasteiger partial charge in [-0.15, -0.1) is 0 Å². The lowest BCUT2D eigenvalue weighted by molar-refractivity contribution is -0.233. The molecule has 1 saturated heterocycles. The summed E-state index contributed by atoms with van der Waals surface area (Å²) >= 11 is 0. The van der Waals surface area contributed by atoms with E-state index in [9.17, 15) is 25.5 Å². The first-order valence-corrected chi connectivity index (χ1v) is 8.01. The van der Waals surface area contributed by atoms with Gasteiger partial charge in [-0.1, -0.05) is 0 Å². The minimum Gasteiger partial charge on any atom is -0.392 e. The van der Waals surface area contributed by atoms with E-state index in [1.807, 2.05) is 13.8 Å². The lowest BCUT2D eigenvalue weighted by Crippen LogP contribution is -2.63. The summed E-state index contributed by atoms with van der Waals surface area (Å²) < 4.78 is 5.94. The zero-order valence-corrected chi connectivity index (χ0v) is 13.7. The van der Waals surface area contributed by atoms with Crippen LogP contribution in [-0.2, 0) is 4.74 Å².